The highest BCUT2D eigenvalue weighted by Gasteiger charge is 2.23. The molecule has 0 aliphatic rings. The molecule has 2 rings (SSSR count). The van der Waals surface area contributed by atoms with E-state index in [4.69, 9.17) is 103 Å². The molecule has 0 N–H and O–H groups in total. The van der Waals surface area contributed by atoms with Gasteiger partial charge in [-0.15, -0.1) is 0 Å². The zero-order valence-electron chi connectivity index (χ0n) is 11.6. The Bertz CT molecular complexity index is 670. The zero-order chi connectivity index (χ0) is 20.8. The maximum Gasteiger partial charge on any atom is 0.342 e. The van der Waals surface area contributed by atoms with Crippen molar-refractivity contribution in [3.8, 4) is 0 Å². The van der Waals surface area contributed by atoms with E-state index in [9.17, 15) is 13.3 Å². The first-order valence-corrected chi connectivity index (χ1v) is 8.61. The number of hydrogen-bond acceptors (Lipinski definition) is 2. The monoisotopic (exact) mass is 530 g/mol. The fourth-order valence-corrected chi connectivity index (χ4v) is 2.50. The van der Waals surface area contributed by atoms with Crippen LogP contribution in [0, 0.1) is 0 Å². The molecule has 26 heavy (non-hydrogen) atoms. The molecular formula is C10H2BCl8F3N2O2. The first-order valence-electron chi connectivity index (χ1n) is 5.59. The topological polar surface area (TPSA) is 53.9 Å². The summed E-state index contributed by atoms with van der Waals surface area (Å²) in [5.41, 5.74) is 0. The summed E-state index contributed by atoms with van der Waals surface area (Å²) in [5, 5.41) is 15.5. The highest BCUT2D eigenvalue weighted by atomic mass is 35.5. The predicted molar refractivity (Wildman–Crippen MR) is 93.2 cm³/mol. The van der Waals surface area contributed by atoms with Gasteiger partial charge in [-0.3, -0.25) is 0 Å². The van der Waals surface area contributed by atoms with Gasteiger partial charge < -0.3 is 14.4 Å². The van der Waals surface area contributed by atoms with Crippen LogP contribution in [-0.2, 0) is 0 Å². The first kappa shape index (κ1) is 26.4. The van der Waals surface area contributed by atoms with Crippen molar-refractivity contribution in [2.75, 3.05) is 0 Å². The molecule has 2 heterocycles. The van der Waals surface area contributed by atoms with Crippen molar-refractivity contribution in [1.29, 1.82) is 0 Å². The number of aromatic nitrogens is 2. The molecule has 0 saturated heterocycles. The molecule has 2 aromatic heterocycles. The van der Waals surface area contributed by atoms with Gasteiger partial charge in [-0.05, 0) is 58.5 Å². The summed E-state index contributed by atoms with van der Waals surface area (Å²) in [6, 6.07) is 2.54. The molecule has 4 nitrogen and oxygen atoms in total. The minimum Gasteiger partial charge on any atom is -0.867 e. The van der Waals surface area contributed by atoms with E-state index in [0.29, 0.717) is 0 Å². The molecule has 0 radical (unpaired) electrons. The Kier molecular flexibility index (Phi) is 12.2. The highest BCUT2D eigenvalue weighted by molar-refractivity contribution is 6.45. The van der Waals surface area contributed by atoms with Crippen molar-refractivity contribution >= 4 is 100 Å². The van der Waals surface area contributed by atoms with Gasteiger partial charge in [0.05, 0.1) is 18.5 Å². The average Bonchev–Trinajstić information content (AvgIpc) is 2.54. The maximum atomic E-state index is 12.7. The SMILES string of the molecule is F[n+]1c(Cl)c(Cl)cc(Cl)c1Cl.F[n+]1c(Cl)c(Cl)cc(Cl)c1Cl.[O-]B([O-])F. The molecule has 0 aliphatic carbocycles. The van der Waals surface area contributed by atoms with Crippen LogP contribution < -0.4 is 19.6 Å². The third-order valence-corrected chi connectivity index (χ3v) is 4.93. The van der Waals surface area contributed by atoms with E-state index < -0.39 is 7.40 Å². The second kappa shape index (κ2) is 12.1. The van der Waals surface area contributed by atoms with Crippen molar-refractivity contribution in [3.63, 3.8) is 0 Å². The van der Waals surface area contributed by atoms with Crippen molar-refractivity contribution in [3.05, 3.63) is 52.8 Å². The summed E-state index contributed by atoms with van der Waals surface area (Å²) >= 11 is 43.3. The van der Waals surface area contributed by atoms with Gasteiger partial charge in [0.2, 0.25) is 0 Å². The number of nitrogens with zero attached hydrogens (tertiary/aromatic N) is 2. The molecule has 0 unspecified atom stereocenters. The fraction of sp³-hybridized carbons (Fsp3) is 0. The summed E-state index contributed by atoms with van der Waals surface area (Å²) in [6.07, 6.45) is 0. The largest absolute Gasteiger partial charge is 0.867 e. The number of hydrogen-bond donors (Lipinski definition) is 0. The normalized spacial score (nSPS) is 9.73. The van der Waals surface area contributed by atoms with E-state index in [-0.39, 0.29) is 50.3 Å². The van der Waals surface area contributed by atoms with Crippen LogP contribution in [0.1, 0.15) is 0 Å². The molecular weight excluding hydrogens is 532 g/mol. The van der Waals surface area contributed by atoms with Crippen LogP contribution in [0.15, 0.2) is 12.1 Å². The number of halogens is 11. The molecule has 0 saturated carbocycles. The van der Waals surface area contributed by atoms with Crippen LogP contribution in [-0.4, -0.2) is 7.40 Å². The Morgan fingerprint density at radius 2 is 0.769 bits per heavy atom. The van der Waals surface area contributed by atoms with Crippen molar-refractivity contribution < 1.29 is 32.9 Å². The lowest BCUT2D eigenvalue weighted by Crippen LogP contribution is -2.39. The molecule has 144 valence electrons. The minimum absolute atomic E-state index is 0.00772. The van der Waals surface area contributed by atoms with E-state index in [1.54, 1.807) is 0 Å². The van der Waals surface area contributed by atoms with Crippen molar-refractivity contribution in [1.82, 2.24) is 0 Å². The first-order chi connectivity index (χ1) is 11.8. The third kappa shape index (κ3) is 8.18. The molecule has 0 amide bonds. The summed E-state index contributed by atoms with van der Waals surface area (Å²) in [7, 11) is -3.17. The quantitative estimate of drug-likeness (QED) is 0.375. The second-order valence-corrected chi connectivity index (χ2v) is 6.74. The fourth-order valence-electron chi connectivity index (χ4n) is 1.01. The second-order valence-electron chi connectivity index (χ2n) is 3.68. The highest BCUT2D eigenvalue weighted by Crippen LogP contribution is 2.27. The smallest absolute Gasteiger partial charge is 0.342 e. The van der Waals surface area contributed by atoms with Gasteiger partial charge in [-0.2, -0.15) is 0 Å². The van der Waals surface area contributed by atoms with Gasteiger partial charge in [0.15, 0.2) is 0 Å². The molecule has 0 aromatic carbocycles. The molecule has 0 aliphatic heterocycles. The van der Waals surface area contributed by atoms with Crippen LogP contribution in [0.3, 0.4) is 0 Å². The van der Waals surface area contributed by atoms with Gasteiger partial charge in [0.25, 0.3) is 0 Å². The molecule has 0 spiro atoms. The van der Waals surface area contributed by atoms with E-state index >= 15 is 0 Å². The molecule has 0 atom stereocenters. The standard InChI is InChI=1S/2C5HCl4FN.BFO2/c2*6-2-1-3(7)5(9)11(10)4(2)8;2-1(3)4/h2*1H;/q2*+1;-2. The molecule has 0 bridgehead atoms. The van der Waals surface area contributed by atoms with Crippen LogP contribution in [0.5, 0.6) is 0 Å². The van der Waals surface area contributed by atoms with E-state index in [0.717, 1.165) is 0 Å². The number of rotatable bonds is 0. The lowest BCUT2D eigenvalue weighted by Gasteiger charge is -2.09. The maximum absolute atomic E-state index is 12.7. The Labute approximate surface area is 185 Å². The van der Waals surface area contributed by atoms with Crippen molar-refractivity contribution in [2.45, 2.75) is 0 Å². The summed E-state index contributed by atoms with van der Waals surface area (Å²) in [4.78, 5) is 0.0154. The summed E-state index contributed by atoms with van der Waals surface area (Å²) in [6.45, 7) is 0. The zero-order valence-corrected chi connectivity index (χ0v) is 17.6. The van der Waals surface area contributed by atoms with Gasteiger partial charge in [-0.25, -0.2) is 0 Å². The van der Waals surface area contributed by atoms with Crippen LogP contribution in [0.4, 0.5) is 13.3 Å². The van der Waals surface area contributed by atoms with Gasteiger partial charge in [0.1, 0.15) is 27.5 Å². The molecule has 2 aromatic rings. The van der Waals surface area contributed by atoms with E-state index in [1.807, 2.05) is 0 Å². The van der Waals surface area contributed by atoms with E-state index in [2.05, 4.69) is 0 Å². The number of pyridine rings is 2. The van der Waals surface area contributed by atoms with Crippen LogP contribution >= 0.6 is 92.8 Å². The molecule has 16 heteroatoms. The lowest BCUT2D eigenvalue weighted by atomic mass is 10.3. The Morgan fingerprint density at radius 3 is 0.923 bits per heavy atom. The Morgan fingerprint density at radius 1 is 0.615 bits per heavy atom. The van der Waals surface area contributed by atoms with Crippen LogP contribution in [0.2, 0.25) is 40.7 Å². The van der Waals surface area contributed by atoms with Crippen LogP contribution in [0.25, 0.3) is 0 Å². The lowest BCUT2D eigenvalue weighted by molar-refractivity contribution is -0.839. The summed E-state index contributed by atoms with van der Waals surface area (Å²) < 4.78 is 35.4. The van der Waals surface area contributed by atoms with Gasteiger partial charge in [0, 0.05) is 0 Å². The third-order valence-electron chi connectivity index (χ3n) is 1.98. The van der Waals surface area contributed by atoms with Crippen molar-refractivity contribution in [2.24, 2.45) is 0 Å². The molecule has 0 fully saturated rings. The Balaban J connectivity index is 0.000000401. The predicted octanol–water partition coefficient (Wildman–Crippen LogP) is 4.30. The summed E-state index contributed by atoms with van der Waals surface area (Å²) in [5.74, 6) is 0. The average molecular weight is 534 g/mol. The van der Waals surface area contributed by atoms with E-state index in [1.165, 1.54) is 12.1 Å². The van der Waals surface area contributed by atoms with Gasteiger partial charge in [-0.1, -0.05) is 46.4 Å². The van der Waals surface area contributed by atoms with Gasteiger partial charge >= 0.3 is 20.6 Å². The minimum atomic E-state index is -3.17. The Hall–Kier alpha value is 0.395.